The number of aromatic nitrogens is 2. The number of carbonyl (C=O) groups excluding carboxylic acids is 1. The maximum absolute atomic E-state index is 12.6. The molecule has 1 N–H and O–H groups in total. The van der Waals surface area contributed by atoms with E-state index in [1.165, 1.54) is 6.07 Å². The smallest absolute Gasteiger partial charge is 0.257 e. The first-order valence-corrected chi connectivity index (χ1v) is 5.49. The van der Waals surface area contributed by atoms with Crippen molar-refractivity contribution < 1.29 is 9.18 Å². The minimum Gasteiger partial charge on any atom is -0.319 e. The Morgan fingerprint density at radius 1 is 1.33 bits per heavy atom. The van der Waals surface area contributed by atoms with Crippen LogP contribution in [0.3, 0.4) is 0 Å². The highest BCUT2D eigenvalue weighted by atomic mass is 35.5. The van der Waals surface area contributed by atoms with Crippen molar-refractivity contribution in [3.63, 3.8) is 0 Å². The van der Waals surface area contributed by atoms with Crippen molar-refractivity contribution in [3.05, 3.63) is 52.8 Å². The van der Waals surface area contributed by atoms with Gasteiger partial charge in [0.1, 0.15) is 0 Å². The van der Waals surface area contributed by atoms with Gasteiger partial charge in [0, 0.05) is 12.4 Å². The lowest BCUT2D eigenvalue weighted by Gasteiger charge is -2.07. The lowest BCUT2D eigenvalue weighted by Crippen LogP contribution is -2.13. The first-order valence-electron chi connectivity index (χ1n) is 5.11. The molecule has 2 heterocycles. The zero-order valence-electron chi connectivity index (χ0n) is 9.45. The van der Waals surface area contributed by atoms with Crippen molar-refractivity contribution >= 4 is 23.2 Å². The van der Waals surface area contributed by atoms with Gasteiger partial charge in [-0.2, -0.15) is 4.39 Å². The van der Waals surface area contributed by atoms with Crippen LogP contribution in [0, 0.1) is 12.9 Å². The van der Waals surface area contributed by atoms with E-state index in [1.54, 1.807) is 12.3 Å². The predicted octanol–water partition coefficient (Wildman–Crippen LogP) is 2.83. The number of anilines is 1. The van der Waals surface area contributed by atoms with E-state index in [2.05, 4.69) is 15.3 Å². The van der Waals surface area contributed by atoms with Crippen LogP contribution in [-0.4, -0.2) is 15.9 Å². The summed E-state index contributed by atoms with van der Waals surface area (Å²) in [5, 5.41) is 2.79. The van der Waals surface area contributed by atoms with E-state index >= 15 is 0 Å². The second kappa shape index (κ2) is 5.10. The van der Waals surface area contributed by atoms with E-state index in [0.29, 0.717) is 5.69 Å². The van der Waals surface area contributed by atoms with Crippen LogP contribution in [0.25, 0.3) is 0 Å². The van der Waals surface area contributed by atoms with Crippen molar-refractivity contribution in [2.75, 3.05) is 5.32 Å². The Labute approximate surface area is 108 Å². The van der Waals surface area contributed by atoms with Crippen LogP contribution in [0.2, 0.25) is 5.15 Å². The Balaban J connectivity index is 2.21. The molecule has 4 nitrogen and oxygen atoms in total. The van der Waals surface area contributed by atoms with Gasteiger partial charge in [-0.1, -0.05) is 11.6 Å². The van der Waals surface area contributed by atoms with Crippen LogP contribution >= 0.6 is 11.6 Å². The van der Waals surface area contributed by atoms with Gasteiger partial charge >= 0.3 is 0 Å². The molecular formula is C12H9ClFN3O. The molecule has 0 saturated carbocycles. The second-order valence-corrected chi connectivity index (χ2v) is 4.03. The Bertz CT molecular complexity index is 586. The number of rotatable bonds is 2. The van der Waals surface area contributed by atoms with Gasteiger partial charge in [0.25, 0.3) is 5.91 Å². The summed E-state index contributed by atoms with van der Waals surface area (Å²) in [6.45, 7) is 1.83. The number of amides is 1. The average Bonchev–Trinajstić information content (AvgIpc) is 2.34. The van der Waals surface area contributed by atoms with E-state index in [0.717, 1.165) is 17.8 Å². The normalized spacial score (nSPS) is 10.2. The summed E-state index contributed by atoms with van der Waals surface area (Å²) in [4.78, 5) is 19.1. The number of hydrogen-bond acceptors (Lipinski definition) is 3. The molecule has 0 aliphatic carbocycles. The molecule has 0 spiro atoms. The molecular weight excluding hydrogens is 257 g/mol. The van der Waals surface area contributed by atoms with Crippen molar-refractivity contribution in [3.8, 4) is 0 Å². The van der Waals surface area contributed by atoms with Crippen LogP contribution in [0.1, 0.15) is 15.9 Å². The molecule has 0 bridgehead atoms. The minimum absolute atomic E-state index is 0.198. The maximum atomic E-state index is 12.6. The quantitative estimate of drug-likeness (QED) is 0.850. The highest BCUT2D eigenvalue weighted by molar-refractivity contribution is 6.32. The fraction of sp³-hybridized carbons (Fsp3) is 0.0833. The van der Waals surface area contributed by atoms with Gasteiger partial charge in [-0.05, 0) is 30.7 Å². The summed E-state index contributed by atoms with van der Waals surface area (Å²) in [6, 6.07) is 4.16. The fourth-order valence-electron chi connectivity index (χ4n) is 1.34. The number of hydrogen-bond donors (Lipinski definition) is 1. The van der Waals surface area contributed by atoms with Gasteiger partial charge in [-0.3, -0.25) is 4.79 Å². The van der Waals surface area contributed by atoms with E-state index in [1.807, 2.05) is 6.92 Å². The van der Waals surface area contributed by atoms with Gasteiger partial charge in [0.15, 0.2) is 5.15 Å². The molecule has 0 saturated heterocycles. The van der Waals surface area contributed by atoms with Gasteiger partial charge < -0.3 is 5.32 Å². The monoisotopic (exact) mass is 265 g/mol. The highest BCUT2D eigenvalue weighted by Crippen LogP contribution is 2.20. The third-order valence-corrected chi connectivity index (χ3v) is 2.51. The standard InChI is InChI=1S/C12H9ClFN3O/c1-7-4-9(11(13)16-5-7)17-12(18)8-2-3-10(14)15-6-8/h2-6H,1H3,(H,17,18). The number of pyridine rings is 2. The molecule has 0 aromatic carbocycles. The van der Waals surface area contributed by atoms with Crippen molar-refractivity contribution in [2.45, 2.75) is 6.92 Å². The summed E-state index contributed by atoms with van der Waals surface area (Å²) < 4.78 is 12.6. The van der Waals surface area contributed by atoms with Gasteiger partial charge in [-0.15, -0.1) is 0 Å². The number of nitrogens with one attached hydrogen (secondary N) is 1. The van der Waals surface area contributed by atoms with Gasteiger partial charge in [0.05, 0.1) is 11.3 Å². The zero-order valence-corrected chi connectivity index (χ0v) is 10.2. The Hall–Kier alpha value is -2.01. The van der Waals surface area contributed by atoms with Crippen LogP contribution in [0.5, 0.6) is 0 Å². The fourth-order valence-corrected chi connectivity index (χ4v) is 1.50. The van der Waals surface area contributed by atoms with Crippen molar-refractivity contribution in [1.29, 1.82) is 0 Å². The summed E-state index contributed by atoms with van der Waals surface area (Å²) in [7, 11) is 0. The third kappa shape index (κ3) is 2.81. The number of aryl methyl sites for hydroxylation is 1. The van der Waals surface area contributed by atoms with Gasteiger partial charge in [-0.25, -0.2) is 9.97 Å². The summed E-state index contributed by atoms with van der Waals surface area (Å²) in [5.74, 6) is -1.06. The van der Waals surface area contributed by atoms with E-state index in [-0.39, 0.29) is 10.7 Å². The topological polar surface area (TPSA) is 54.9 Å². The summed E-state index contributed by atoms with van der Waals surface area (Å²) >= 11 is 5.85. The first-order chi connectivity index (χ1) is 8.56. The van der Waals surface area contributed by atoms with Crippen LogP contribution in [0.4, 0.5) is 10.1 Å². The third-order valence-electron chi connectivity index (χ3n) is 2.21. The lowest BCUT2D eigenvalue weighted by atomic mass is 10.2. The molecule has 0 fully saturated rings. The van der Waals surface area contributed by atoms with Crippen LogP contribution in [-0.2, 0) is 0 Å². The molecule has 1 amide bonds. The molecule has 92 valence electrons. The highest BCUT2D eigenvalue weighted by Gasteiger charge is 2.09. The SMILES string of the molecule is Cc1cnc(Cl)c(NC(=O)c2ccc(F)nc2)c1. The van der Waals surface area contributed by atoms with E-state index < -0.39 is 11.9 Å². The molecule has 2 aromatic rings. The molecule has 18 heavy (non-hydrogen) atoms. The minimum atomic E-state index is -0.637. The maximum Gasteiger partial charge on any atom is 0.257 e. The summed E-state index contributed by atoms with van der Waals surface area (Å²) in [5.41, 5.74) is 1.52. The molecule has 0 atom stereocenters. The molecule has 6 heteroatoms. The van der Waals surface area contributed by atoms with Gasteiger partial charge in [0.2, 0.25) is 5.95 Å². The van der Waals surface area contributed by atoms with E-state index in [9.17, 15) is 9.18 Å². The molecule has 0 radical (unpaired) electrons. The summed E-state index contributed by atoms with van der Waals surface area (Å²) in [6.07, 6.45) is 2.75. The Morgan fingerprint density at radius 2 is 2.11 bits per heavy atom. The second-order valence-electron chi connectivity index (χ2n) is 3.67. The molecule has 0 aliphatic heterocycles. The molecule has 2 aromatic heterocycles. The Morgan fingerprint density at radius 3 is 2.78 bits per heavy atom. The Kier molecular flexibility index (Phi) is 3.53. The van der Waals surface area contributed by atoms with Crippen molar-refractivity contribution in [1.82, 2.24) is 9.97 Å². The molecule has 0 unspecified atom stereocenters. The molecule has 0 aliphatic rings. The van der Waals surface area contributed by atoms with Crippen LogP contribution in [0.15, 0.2) is 30.6 Å². The number of nitrogens with zero attached hydrogens (tertiary/aromatic N) is 2. The average molecular weight is 266 g/mol. The number of carbonyl (C=O) groups is 1. The predicted molar refractivity (Wildman–Crippen MR) is 66.1 cm³/mol. The van der Waals surface area contributed by atoms with Crippen molar-refractivity contribution in [2.24, 2.45) is 0 Å². The zero-order chi connectivity index (χ0) is 13.1. The lowest BCUT2D eigenvalue weighted by molar-refractivity contribution is 0.102. The largest absolute Gasteiger partial charge is 0.319 e. The van der Waals surface area contributed by atoms with E-state index in [4.69, 9.17) is 11.6 Å². The number of halogens is 2. The first kappa shape index (κ1) is 12.4. The van der Waals surface area contributed by atoms with Crippen LogP contribution < -0.4 is 5.32 Å². The molecule has 2 rings (SSSR count).